The minimum absolute atomic E-state index is 0.0955. The number of carbonyl (C=O) groups is 4. The van der Waals surface area contributed by atoms with Gasteiger partial charge in [0.15, 0.2) is 0 Å². The quantitative estimate of drug-likeness (QED) is 0.127. The monoisotopic (exact) mass is 368 g/mol. The third-order valence-corrected chi connectivity index (χ3v) is 2.46. The van der Waals surface area contributed by atoms with Crippen molar-refractivity contribution < 1.29 is 39.6 Å². The Morgan fingerprint density at radius 1 is 0.680 bits per heavy atom. The molecule has 0 amide bonds. The molecule has 25 heavy (non-hydrogen) atoms. The summed E-state index contributed by atoms with van der Waals surface area (Å²) in [5.74, 6) is -6.12. The van der Waals surface area contributed by atoms with Gasteiger partial charge in [0.1, 0.15) is 0 Å². The highest BCUT2D eigenvalue weighted by atomic mass is 16.4. The molecule has 0 rings (SSSR count). The van der Waals surface area contributed by atoms with Crippen LogP contribution in [0.25, 0.3) is 0 Å². The van der Waals surface area contributed by atoms with Crippen molar-refractivity contribution in [2.75, 3.05) is 0 Å². The first kappa shape index (κ1) is 27.6. The highest BCUT2D eigenvalue weighted by Crippen LogP contribution is 2.01. The largest absolute Gasteiger partial charge is 0.480 e. The van der Waals surface area contributed by atoms with Crippen molar-refractivity contribution in [3.63, 3.8) is 0 Å². The highest BCUT2D eigenvalue weighted by molar-refractivity contribution is 5.97. The van der Waals surface area contributed by atoms with E-state index in [1.165, 1.54) is 25.7 Å². The fraction of sp³-hybridized carbons (Fsp3) is 0.692. The van der Waals surface area contributed by atoms with Gasteiger partial charge in [-0.25, -0.2) is 19.2 Å². The van der Waals surface area contributed by atoms with Gasteiger partial charge in [-0.3, -0.25) is 0 Å². The molecule has 0 radical (unpaired) electrons. The van der Waals surface area contributed by atoms with Crippen LogP contribution in [0.4, 0.5) is 0 Å². The number of hydrogen-bond donors (Lipinski definition) is 8. The summed E-state index contributed by atoms with van der Waals surface area (Å²) < 4.78 is 0. The number of nitrogens with two attached hydrogens (primary N) is 4. The molecule has 0 fully saturated rings. The SMILES string of the molecule is CCCCCCC(N)N.NC(C(=O)O)C(=O)O.NC(C(=O)O)C(=O)O. The Morgan fingerprint density at radius 3 is 1.16 bits per heavy atom. The molecule has 0 unspecified atom stereocenters. The maximum absolute atomic E-state index is 9.63. The van der Waals surface area contributed by atoms with Gasteiger partial charge >= 0.3 is 23.9 Å². The van der Waals surface area contributed by atoms with Crippen LogP contribution in [-0.4, -0.2) is 62.6 Å². The van der Waals surface area contributed by atoms with E-state index in [0.717, 1.165) is 6.42 Å². The summed E-state index contributed by atoms with van der Waals surface area (Å²) in [5.41, 5.74) is 19.8. The molecule has 0 spiro atoms. The van der Waals surface area contributed by atoms with Crippen LogP contribution in [0.3, 0.4) is 0 Å². The number of unbranched alkanes of at least 4 members (excludes halogenated alkanes) is 3. The van der Waals surface area contributed by atoms with E-state index in [0.29, 0.717) is 0 Å². The van der Waals surface area contributed by atoms with Gasteiger partial charge in [0, 0.05) is 0 Å². The third-order valence-electron chi connectivity index (χ3n) is 2.46. The smallest absolute Gasteiger partial charge is 0.332 e. The summed E-state index contributed by atoms with van der Waals surface area (Å²) in [6, 6.07) is -3.59. The van der Waals surface area contributed by atoms with Crippen LogP contribution in [-0.2, 0) is 19.2 Å². The molecule has 0 aromatic carbocycles. The normalized spacial score (nSPS) is 9.76. The van der Waals surface area contributed by atoms with Crippen LogP contribution >= 0.6 is 0 Å². The lowest BCUT2D eigenvalue weighted by Gasteiger charge is -2.02. The molecule has 0 bridgehead atoms. The average Bonchev–Trinajstić information content (AvgIpc) is 2.50. The Balaban J connectivity index is -0.000000291. The summed E-state index contributed by atoms with van der Waals surface area (Å²) in [5, 5.41) is 31.4. The summed E-state index contributed by atoms with van der Waals surface area (Å²) in [4.78, 5) is 38.5. The van der Waals surface area contributed by atoms with Crippen molar-refractivity contribution >= 4 is 23.9 Å². The number of carboxylic acids is 4. The number of rotatable bonds is 9. The van der Waals surface area contributed by atoms with Gasteiger partial charge in [-0.1, -0.05) is 32.6 Å². The van der Waals surface area contributed by atoms with Crippen LogP contribution < -0.4 is 22.9 Å². The zero-order chi connectivity index (χ0) is 20.6. The van der Waals surface area contributed by atoms with Crippen molar-refractivity contribution in [2.24, 2.45) is 22.9 Å². The second-order valence-electron chi connectivity index (χ2n) is 4.82. The van der Waals surface area contributed by atoms with Crippen molar-refractivity contribution in [2.45, 2.75) is 57.3 Å². The molecule has 12 heteroatoms. The minimum Gasteiger partial charge on any atom is -0.480 e. The van der Waals surface area contributed by atoms with E-state index < -0.39 is 36.0 Å². The first-order valence-electron chi connectivity index (χ1n) is 7.31. The Kier molecular flexibility index (Phi) is 18.3. The molecule has 0 aliphatic heterocycles. The number of carboxylic acid groups (broad SMARTS) is 4. The van der Waals surface area contributed by atoms with E-state index in [4.69, 9.17) is 31.9 Å². The lowest BCUT2D eigenvalue weighted by Crippen LogP contribution is -2.38. The highest BCUT2D eigenvalue weighted by Gasteiger charge is 2.19. The first-order chi connectivity index (χ1) is 11.4. The molecule has 12 N–H and O–H groups in total. The lowest BCUT2D eigenvalue weighted by molar-refractivity contribution is -0.151. The zero-order valence-corrected chi connectivity index (χ0v) is 14.0. The van der Waals surface area contributed by atoms with E-state index >= 15 is 0 Å². The average molecular weight is 368 g/mol. The number of aliphatic carboxylic acids is 4. The molecule has 0 atom stereocenters. The fourth-order valence-corrected chi connectivity index (χ4v) is 1.02. The summed E-state index contributed by atoms with van der Waals surface area (Å²) >= 11 is 0. The molecular weight excluding hydrogens is 340 g/mol. The minimum atomic E-state index is -1.80. The Hall–Kier alpha value is -2.28. The molecular formula is C13H28N4O8. The van der Waals surface area contributed by atoms with E-state index in [1.807, 2.05) is 0 Å². The Labute approximate surface area is 144 Å². The van der Waals surface area contributed by atoms with E-state index in [9.17, 15) is 19.2 Å². The molecule has 0 aliphatic carbocycles. The summed E-state index contributed by atoms with van der Waals surface area (Å²) in [6.45, 7) is 2.20. The second-order valence-corrected chi connectivity index (χ2v) is 4.82. The van der Waals surface area contributed by atoms with Crippen molar-refractivity contribution in [3.05, 3.63) is 0 Å². The van der Waals surface area contributed by atoms with Gasteiger partial charge in [-0.15, -0.1) is 0 Å². The molecule has 12 nitrogen and oxygen atoms in total. The van der Waals surface area contributed by atoms with E-state index in [2.05, 4.69) is 18.4 Å². The maximum atomic E-state index is 9.63. The summed E-state index contributed by atoms with van der Waals surface area (Å²) in [7, 11) is 0. The molecule has 0 saturated heterocycles. The van der Waals surface area contributed by atoms with Crippen molar-refractivity contribution in [1.82, 2.24) is 0 Å². The first-order valence-corrected chi connectivity index (χ1v) is 7.31. The van der Waals surface area contributed by atoms with Gasteiger partial charge < -0.3 is 43.4 Å². The van der Waals surface area contributed by atoms with Gasteiger partial charge in [-0.2, -0.15) is 0 Å². The third kappa shape index (κ3) is 21.7. The summed E-state index contributed by atoms with van der Waals surface area (Å²) in [6.07, 6.45) is 5.93. The predicted octanol–water partition coefficient (Wildman–Crippen LogP) is -1.83. The Bertz CT molecular complexity index is 359. The zero-order valence-electron chi connectivity index (χ0n) is 14.0. The Morgan fingerprint density at radius 2 is 1.00 bits per heavy atom. The molecule has 0 heterocycles. The lowest BCUT2D eigenvalue weighted by atomic mass is 10.1. The van der Waals surface area contributed by atoms with Crippen LogP contribution in [0.1, 0.15) is 39.0 Å². The van der Waals surface area contributed by atoms with E-state index in [1.54, 1.807) is 0 Å². The second kappa shape index (κ2) is 16.6. The molecule has 0 aromatic rings. The van der Waals surface area contributed by atoms with E-state index in [-0.39, 0.29) is 6.17 Å². The molecule has 0 saturated carbocycles. The standard InChI is InChI=1S/C7H18N2.2C3H5NO4/c1-2-3-4-5-6-7(8)9;2*4-1(2(5)6)3(7)8/h7H,2-6,8-9H2,1H3;2*1H,4H2,(H,5,6)(H,7,8). The van der Waals surface area contributed by atoms with Gasteiger partial charge in [0.2, 0.25) is 12.1 Å². The fourth-order valence-electron chi connectivity index (χ4n) is 1.02. The predicted molar refractivity (Wildman–Crippen MR) is 87.4 cm³/mol. The molecule has 0 aliphatic rings. The maximum Gasteiger partial charge on any atom is 0.332 e. The van der Waals surface area contributed by atoms with Crippen LogP contribution in [0.5, 0.6) is 0 Å². The van der Waals surface area contributed by atoms with Crippen LogP contribution in [0.15, 0.2) is 0 Å². The van der Waals surface area contributed by atoms with Gasteiger partial charge in [-0.05, 0) is 6.42 Å². The molecule has 148 valence electrons. The topological polar surface area (TPSA) is 253 Å². The van der Waals surface area contributed by atoms with Crippen molar-refractivity contribution in [1.29, 1.82) is 0 Å². The van der Waals surface area contributed by atoms with Crippen LogP contribution in [0.2, 0.25) is 0 Å². The molecule has 0 aromatic heterocycles. The van der Waals surface area contributed by atoms with Crippen LogP contribution in [0, 0.1) is 0 Å². The van der Waals surface area contributed by atoms with Gasteiger partial charge in [0.05, 0.1) is 6.17 Å². The van der Waals surface area contributed by atoms with Gasteiger partial charge in [0.25, 0.3) is 0 Å². The van der Waals surface area contributed by atoms with Crippen molar-refractivity contribution in [3.8, 4) is 0 Å². The number of hydrogen-bond acceptors (Lipinski definition) is 8.